The van der Waals surface area contributed by atoms with Gasteiger partial charge in [0.1, 0.15) is 5.02 Å². The minimum absolute atomic E-state index is 0.207. The van der Waals surface area contributed by atoms with E-state index in [1.54, 1.807) is 13.3 Å². The summed E-state index contributed by atoms with van der Waals surface area (Å²) in [5, 5.41) is 7.72. The molecule has 120 valence electrons. The van der Waals surface area contributed by atoms with Crippen LogP contribution in [0.25, 0.3) is 0 Å². The van der Waals surface area contributed by atoms with E-state index in [9.17, 15) is 4.79 Å². The normalized spacial score (nSPS) is 12.4. The van der Waals surface area contributed by atoms with Crippen LogP contribution in [0.1, 0.15) is 46.0 Å². The average molecular weight is 316 g/mol. The first-order valence-corrected chi connectivity index (χ1v) is 8.02. The van der Waals surface area contributed by atoms with Crippen LogP contribution in [-0.4, -0.2) is 29.5 Å². The predicted molar refractivity (Wildman–Crippen MR) is 87.2 cm³/mol. The van der Waals surface area contributed by atoms with E-state index in [1.165, 1.54) is 4.68 Å². The van der Waals surface area contributed by atoms with Crippen LogP contribution in [0.2, 0.25) is 5.02 Å². The molecule has 0 aliphatic rings. The summed E-state index contributed by atoms with van der Waals surface area (Å²) in [5.41, 5.74) is 0.356. The van der Waals surface area contributed by atoms with Crippen molar-refractivity contribution in [1.29, 1.82) is 0 Å². The quantitative estimate of drug-likeness (QED) is 0.719. The number of nitrogens with zero attached hydrogens (tertiary/aromatic N) is 2. The maximum absolute atomic E-state index is 12.1. The third-order valence-electron chi connectivity index (χ3n) is 3.40. The van der Waals surface area contributed by atoms with E-state index in [0.717, 1.165) is 32.1 Å². The summed E-state index contributed by atoms with van der Waals surface area (Å²) in [6.45, 7) is 5.17. The van der Waals surface area contributed by atoms with Crippen LogP contribution >= 0.6 is 11.6 Å². The Kier molecular flexibility index (Phi) is 8.38. The number of methoxy groups -OCH3 is 1. The highest BCUT2D eigenvalue weighted by Crippen LogP contribution is 2.20. The number of aromatic nitrogens is 2. The molecule has 1 N–H and O–H groups in total. The molecule has 0 bridgehead atoms. The molecule has 0 aliphatic carbocycles. The fraction of sp³-hybridized carbons (Fsp3) is 0.733. The Balaban J connectivity index is 2.82. The highest BCUT2D eigenvalue weighted by molar-refractivity contribution is 6.32. The molecule has 0 saturated heterocycles. The van der Waals surface area contributed by atoms with Crippen LogP contribution in [0, 0.1) is 0 Å². The largest absolute Gasteiger partial charge is 0.383 e. The van der Waals surface area contributed by atoms with Crippen molar-refractivity contribution in [3.63, 3.8) is 0 Å². The fourth-order valence-electron chi connectivity index (χ4n) is 2.21. The number of ether oxygens (including phenoxy) is 1. The van der Waals surface area contributed by atoms with Crippen molar-refractivity contribution in [3.8, 4) is 0 Å². The minimum Gasteiger partial charge on any atom is -0.383 e. The van der Waals surface area contributed by atoms with Gasteiger partial charge in [-0.1, -0.05) is 44.7 Å². The topological polar surface area (TPSA) is 56.1 Å². The van der Waals surface area contributed by atoms with Crippen molar-refractivity contribution in [2.75, 3.05) is 19.0 Å². The zero-order valence-electron chi connectivity index (χ0n) is 13.2. The van der Waals surface area contributed by atoms with Crippen LogP contribution in [0.3, 0.4) is 0 Å². The molecular weight excluding hydrogens is 290 g/mol. The summed E-state index contributed by atoms with van der Waals surface area (Å²) in [4.78, 5) is 12.1. The zero-order valence-corrected chi connectivity index (χ0v) is 13.9. The van der Waals surface area contributed by atoms with E-state index in [1.807, 2.05) is 0 Å². The Bertz CT molecular complexity index is 476. The van der Waals surface area contributed by atoms with Gasteiger partial charge >= 0.3 is 0 Å². The molecule has 1 atom stereocenters. The Morgan fingerprint density at radius 3 is 2.76 bits per heavy atom. The van der Waals surface area contributed by atoms with Gasteiger partial charge in [0.05, 0.1) is 25.0 Å². The summed E-state index contributed by atoms with van der Waals surface area (Å²) in [5.74, 6) is 0. The lowest BCUT2D eigenvalue weighted by Crippen LogP contribution is -2.28. The summed E-state index contributed by atoms with van der Waals surface area (Å²) in [6, 6.07) is 0.337. The van der Waals surface area contributed by atoms with Gasteiger partial charge in [0, 0.05) is 13.2 Å². The molecule has 0 aliphatic heterocycles. The predicted octanol–water partition coefficient (Wildman–Crippen LogP) is 3.31. The number of nitrogens with one attached hydrogen (secondary N) is 1. The maximum atomic E-state index is 12.1. The van der Waals surface area contributed by atoms with Gasteiger partial charge in [0.25, 0.3) is 5.56 Å². The van der Waals surface area contributed by atoms with Crippen LogP contribution in [0.4, 0.5) is 5.69 Å². The van der Waals surface area contributed by atoms with E-state index in [0.29, 0.717) is 24.9 Å². The molecule has 0 radical (unpaired) electrons. The lowest BCUT2D eigenvalue weighted by atomic mass is 10.1. The van der Waals surface area contributed by atoms with Gasteiger partial charge in [-0.2, -0.15) is 5.10 Å². The molecule has 0 fully saturated rings. The number of rotatable bonds is 10. The Labute approximate surface area is 131 Å². The first kappa shape index (κ1) is 18.0. The van der Waals surface area contributed by atoms with E-state index >= 15 is 0 Å². The molecule has 0 aromatic carbocycles. The van der Waals surface area contributed by atoms with E-state index in [-0.39, 0.29) is 10.6 Å². The van der Waals surface area contributed by atoms with Gasteiger partial charge in [-0.15, -0.1) is 0 Å². The Morgan fingerprint density at radius 2 is 2.14 bits per heavy atom. The fourth-order valence-corrected chi connectivity index (χ4v) is 2.41. The first-order chi connectivity index (χ1) is 10.1. The second-order valence-electron chi connectivity index (χ2n) is 5.17. The van der Waals surface area contributed by atoms with Crippen molar-refractivity contribution in [2.45, 2.75) is 58.5 Å². The van der Waals surface area contributed by atoms with Crippen LogP contribution in [-0.2, 0) is 11.3 Å². The second kappa shape index (κ2) is 9.79. The molecule has 1 unspecified atom stereocenters. The zero-order chi connectivity index (χ0) is 15.7. The van der Waals surface area contributed by atoms with Crippen molar-refractivity contribution in [2.24, 2.45) is 0 Å². The molecule has 21 heavy (non-hydrogen) atoms. The number of unbranched alkanes of at least 4 members (excludes halogenated alkanes) is 1. The van der Waals surface area contributed by atoms with Crippen molar-refractivity contribution in [3.05, 3.63) is 21.6 Å². The molecule has 5 nitrogen and oxygen atoms in total. The summed E-state index contributed by atoms with van der Waals surface area (Å²) >= 11 is 6.18. The van der Waals surface area contributed by atoms with Crippen molar-refractivity contribution >= 4 is 17.3 Å². The SMILES string of the molecule is CCCCC(CCC)Nc1cnn(CCOC)c(=O)c1Cl. The molecule has 6 heteroatoms. The summed E-state index contributed by atoms with van der Waals surface area (Å²) in [6.07, 6.45) is 7.18. The maximum Gasteiger partial charge on any atom is 0.287 e. The standard InChI is InChI=1S/C15H26ClN3O2/c1-4-6-8-12(7-5-2)18-13-11-17-19(9-10-21-3)15(20)14(13)16/h11-12,18H,4-10H2,1-3H3. The lowest BCUT2D eigenvalue weighted by molar-refractivity contribution is 0.182. The first-order valence-electron chi connectivity index (χ1n) is 7.65. The van der Waals surface area contributed by atoms with Gasteiger partial charge in [0.15, 0.2) is 0 Å². The number of anilines is 1. The number of halogens is 1. The molecule has 1 aromatic heterocycles. The van der Waals surface area contributed by atoms with E-state index in [4.69, 9.17) is 16.3 Å². The summed E-state index contributed by atoms with van der Waals surface area (Å²) in [7, 11) is 1.59. The smallest absolute Gasteiger partial charge is 0.287 e. The molecule has 1 aromatic rings. The van der Waals surface area contributed by atoms with Gasteiger partial charge < -0.3 is 10.1 Å². The Hall–Kier alpha value is -1.07. The molecule has 0 saturated carbocycles. The highest BCUT2D eigenvalue weighted by atomic mass is 35.5. The van der Waals surface area contributed by atoms with Crippen LogP contribution in [0.5, 0.6) is 0 Å². The lowest BCUT2D eigenvalue weighted by Gasteiger charge is -2.20. The van der Waals surface area contributed by atoms with Crippen LogP contribution in [0.15, 0.2) is 11.0 Å². The van der Waals surface area contributed by atoms with Crippen molar-refractivity contribution in [1.82, 2.24) is 9.78 Å². The monoisotopic (exact) mass is 315 g/mol. The molecule has 1 heterocycles. The van der Waals surface area contributed by atoms with E-state index in [2.05, 4.69) is 24.3 Å². The summed E-state index contributed by atoms with van der Waals surface area (Å²) < 4.78 is 6.28. The third kappa shape index (κ3) is 5.67. The average Bonchev–Trinajstić information content (AvgIpc) is 2.49. The highest BCUT2D eigenvalue weighted by Gasteiger charge is 2.13. The van der Waals surface area contributed by atoms with Crippen LogP contribution < -0.4 is 10.9 Å². The van der Waals surface area contributed by atoms with Gasteiger partial charge in [-0.05, 0) is 12.8 Å². The Morgan fingerprint density at radius 1 is 1.38 bits per heavy atom. The van der Waals surface area contributed by atoms with Gasteiger partial charge in [-0.25, -0.2) is 4.68 Å². The number of hydrogen-bond acceptors (Lipinski definition) is 4. The minimum atomic E-state index is -0.274. The van der Waals surface area contributed by atoms with Gasteiger partial charge in [-0.3, -0.25) is 4.79 Å². The molecule has 0 spiro atoms. The van der Waals surface area contributed by atoms with E-state index < -0.39 is 0 Å². The third-order valence-corrected chi connectivity index (χ3v) is 3.76. The van der Waals surface area contributed by atoms with Gasteiger partial charge in [0.2, 0.25) is 0 Å². The second-order valence-corrected chi connectivity index (χ2v) is 5.54. The number of hydrogen-bond donors (Lipinski definition) is 1. The van der Waals surface area contributed by atoms with Crippen molar-refractivity contribution < 1.29 is 4.74 Å². The molecule has 0 amide bonds. The molecular formula is C15H26ClN3O2. The molecule has 1 rings (SSSR count).